The molecule has 1 aromatic carbocycles. The van der Waals surface area contributed by atoms with Crippen molar-refractivity contribution in [3.8, 4) is 0 Å². The van der Waals surface area contributed by atoms with Gasteiger partial charge in [0.05, 0.1) is 12.8 Å². The first kappa shape index (κ1) is 18.9. The van der Waals surface area contributed by atoms with Gasteiger partial charge in [-0.1, -0.05) is 62.4 Å². The van der Waals surface area contributed by atoms with Gasteiger partial charge in [0.1, 0.15) is 0 Å². The first-order valence-electron chi connectivity index (χ1n) is 8.73. The number of benzene rings is 1. The molecule has 0 atom stereocenters. The first-order chi connectivity index (χ1) is 11.4. The Morgan fingerprint density at radius 3 is 2.25 bits per heavy atom. The van der Waals surface area contributed by atoms with E-state index in [0.717, 1.165) is 37.5 Å². The van der Waals surface area contributed by atoms with Gasteiger partial charge in [-0.2, -0.15) is 4.31 Å². The quantitative estimate of drug-likeness (QED) is 0.856. The van der Waals surface area contributed by atoms with E-state index in [-0.39, 0.29) is 25.0 Å². The predicted molar refractivity (Wildman–Crippen MR) is 95.9 cm³/mol. The summed E-state index contributed by atoms with van der Waals surface area (Å²) in [5, 5.41) is 3.03. The highest BCUT2D eigenvalue weighted by Crippen LogP contribution is 2.17. The van der Waals surface area contributed by atoms with Crippen molar-refractivity contribution < 1.29 is 13.2 Å². The van der Waals surface area contributed by atoms with Crippen LogP contribution >= 0.6 is 0 Å². The molecule has 0 aliphatic heterocycles. The van der Waals surface area contributed by atoms with E-state index in [4.69, 9.17) is 0 Å². The third-order valence-electron chi connectivity index (χ3n) is 4.46. The Bertz CT molecular complexity index is 608. The van der Waals surface area contributed by atoms with Crippen molar-refractivity contribution in [2.75, 3.05) is 12.8 Å². The average molecular weight is 353 g/mol. The fourth-order valence-corrected chi connectivity index (χ4v) is 3.85. The van der Waals surface area contributed by atoms with E-state index < -0.39 is 10.0 Å². The zero-order valence-electron chi connectivity index (χ0n) is 14.4. The lowest BCUT2D eigenvalue weighted by Gasteiger charge is -2.24. The zero-order chi connectivity index (χ0) is 17.4. The third kappa shape index (κ3) is 6.61. The van der Waals surface area contributed by atoms with Crippen LogP contribution in [0, 0.1) is 0 Å². The van der Waals surface area contributed by atoms with E-state index in [1.165, 1.54) is 23.6 Å². The summed E-state index contributed by atoms with van der Waals surface area (Å²) in [4.78, 5) is 12.3. The molecule has 1 aromatic rings. The molecule has 6 heteroatoms. The van der Waals surface area contributed by atoms with Crippen LogP contribution in [0.25, 0.3) is 0 Å². The van der Waals surface area contributed by atoms with Crippen LogP contribution < -0.4 is 5.32 Å². The molecule has 5 nitrogen and oxygen atoms in total. The minimum Gasteiger partial charge on any atom is -0.352 e. The number of nitrogens with zero attached hydrogens (tertiary/aromatic N) is 1. The van der Waals surface area contributed by atoms with Gasteiger partial charge >= 0.3 is 0 Å². The number of carbonyl (C=O) groups excluding carboxylic acids is 1. The molecular formula is C18H28N2O3S. The molecule has 0 unspecified atom stereocenters. The lowest BCUT2D eigenvalue weighted by atomic mass is 9.97. The summed E-state index contributed by atoms with van der Waals surface area (Å²) < 4.78 is 25.3. The highest BCUT2D eigenvalue weighted by atomic mass is 32.2. The van der Waals surface area contributed by atoms with Crippen LogP contribution in [-0.4, -0.2) is 37.5 Å². The second kappa shape index (κ2) is 9.18. The number of nitrogens with one attached hydrogen (secondary N) is 1. The molecule has 1 fully saturated rings. The maximum absolute atomic E-state index is 12.3. The van der Waals surface area contributed by atoms with E-state index in [9.17, 15) is 13.2 Å². The van der Waals surface area contributed by atoms with Crippen LogP contribution in [0.2, 0.25) is 0 Å². The molecule has 0 radical (unpaired) electrons. The van der Waals surface area contributed by atoms with E-state index >= 15 is 0 Å². The summed E-state index contributed by atoms with van der Waals surface area (Å²) in [6, 6.07) is 9.52. The normalized spacial score (nSPS) is 17.2. The summed E-state index contributed by atoms with van der Waals surface area (Å²) in [6.07, 6.45) is 9.10. The average Bonchev–Trinajstić information content (AvgIpc) is 2.49. The van der Waals surface area contributed by atoms with Crippen LogP contribution in [0.5, 0.6) is 0 Å². The van der Waals surface area contributed by atoms with Crippen LogP contribution in [0.4, 0.5) is 0 Å². The molecule has 1 N–H and O–H groups in total. The lowest BCUT2D eigenvalue weighted by Crippen LogP contribution is -2.43. The SMILES string of the molecule is CS(=O)(=O)N(CC(=O)NC1CCCCCCC1)Cc1ccccc1. The van der Waals surface area contributed by atoms with Gasteiger partial charge in [0.15, 0.2) is 0 Å². The Balaban J connectivity index is 1.94. The molecule has 134 valence electrons. The summed E-state index contributed by atoms with van der Waals surface area (Å²) in [6.45, 7) is 0.0992. The Morgan fingerprint density at radius 2 is 1.67 bits per heavy atom. The van der Waals surface area contributed by atoms with Gasteiger partial charge in [0, 0.05) is 12.6 Å². The van der Waals surface area contributed by atoms with Crippen molar-refractivity contribution >= 4 is 15.9 Å². The highest BCUT2D eigenvalue weighted by molar-refractivity contribution is 7.88. The molecule has 2 rings (SSSR count). The van der Waals surface area contributed by atoms with Crippen molar-refractivity contribution in [2.24, 2.45) is 0 Å². The van der Waals surface area contributed by atoms with Crippen molar-refractivity contribution in [2.45, 2.75) is 57.5 Å². The second-order valence-corrected chi connectivity index (χ2v) is 8.61. The first-order valence-corrected chi connectivity index (χ1v) is 10.6. The maximum atomic E-state index is 12.3. The largest absolute Gasteiger partial charge is 0.352 e. The second-order valence-electron chi connectivity index (χ2n) is 6.63. The van der Waals surface area contributed by atoms with Gasteiger partial charge < -0.3 is 5.32 Å². The number of amides is 1. The molecule has 1 saturated carbocycles. The van der Waals surface area contributed by atoms with Crippen LogP contribution in [0.15, 0.2) is 30.3 Å². The summed E-state index contributed by atoms with van der Waals surface area (Å²) in [5.41, 5.74) is 0.877. The van der Waals surface area contributed by atoms with Crippen LogP contribution in [-0.2, 0) is 21.4 Å². The van der Waals surface area contributed by atoms with E-state index in [1.54, 1.807) is 0 Å². The minimum atomic E-state index is -3.44. The molecule has 0 heterocycles. The van der Waals surface area contributed by atoms with Gasteiger partial charge in [-0.15, -0.1) is 0 Å². The van der Waals surface area contributed by atoms with Crippen molar-refractivity contribution in [1.82, 2.24) is 9.62 Å². The zero-order valence-corrected chi connectivity index (χ0v) is 15.2. The Morgan fingerprint density at radius 1 is 1.08 bits per heavy atom. The van der Waals surface area contributed by atoms with Gasteiger partial charge in [-0.3, -0.25) is 4.79 Å². The van der Waals surface area contributed by atoms with E-state index in [2.05, 4.69) is 5.32 Å². The van der Waals surface area contributed by atoms with E-state index in [1.807, 2.05) is 30.3 Å². The monoisotopic (exact) mass is 352 g/mol. The van der Waals surface area contributed by atoms with Crippen LogP contribution in [0.1, 0.15) is 50.5 Å². The summed E-state index contributed by atoms with van der Waals surface area (Å²) in [5.74, 6) is -0.207. The number of hydrogen-bond donors (Lipinski definition) is 1. The maximum Gasteiger partial charge on any atom is 0.235 e. The number of carbonyl (C=O) groups is 1. The summed E-state index contributed by atoms with van der Waals surface area (Å²) >= 11 is 0. The molecule has 0 bridgehead atoms. The van der Waals surface area contributed by atoms with Crippen molar-refractivity contribution in [3.63, 3.8) is 0 Å². The molecule has 1 aliphatic rings. The molecule has 0 spiro atoms. The smallest absolute Gasteiger partial charge is 0.235 e. The molecular weight excluding hydrogens is 324 g/mol. The van der Waals surface area contributed by atoms with Gasteiger partial charge in [-0.05, 0) is 18.4 Å². The van der Waals surface area contributed by atoms with E-state index in [0.29, 0.717) is 0 Å². The van der Waals surface area contributed by atoms with Crippen LogP contribution in [0.3, 0.4) is 0 Å². The van der Waals surface area contributed by atoms with Gasteiger partial charge in [-0.25, -0.2) is 8.42 Å². The molecule has 0 aromatic heterocycles. The fourth-order valence-electron chi connectivity index (χ4n) is 3.11. The summed E-state index contributed by atoms with van der Waals surface area (Å²) in [7, 11) is -3.44. The van der Waals surface area contributed by atoms with Gasteiger partial charge in [0.2, 0.25) is 15.9 Å². The lowest BCUT2D eigenvalue weighted by molar-refractivity contribution is -0.122. The molecule has 0 saturated heterocycles. The standard InChI is InChI=1S/C18H28N2O3S/c1-24(22,23)20(14-16-10-6-5-7-11-16)15-18(21)19-17-12-8-3-2-4-9-13-17/h5-7,10-11,17H,2-4,8-9,12-15H2,1H3,(H,19,21). The molecule has 1 aliphatic carbocycles. The Hall–Kier alpha value is -1.40. The third-order valence-corrected chi connectivity index (χ3v) is 5.66. The molecule has 24 heavy (non-hydrogen) atoms. The number of sulfonamides is 1. The van der Waals surface area contributed by atoms with Crippen molar-refractivity contribution in [3.05, 3.63) is 35.9 Å². The predicted octanol–water partition coefficient (Wildman–Crippen LogP) is 2.68. The Labute approximate surface area is 145 Å². The van der Waals surface area contributed by atoms with Gasteiger partial charge in [0.25, 0.3) is 0 Å². The Kier molecular flexibility index (Phi) is 7.24. The number of rotatable bonds is 6. The number of hydrogen-bond acceptors (Lipinski definition) is 3. The molecule has 1 amide bonds. The minimum absolute atomic E-state index is 0.121. The fraction of sp³-hybridized carbons (Fsp3) is 0.611. The van der Waals surface area contributed by atoms with Crippen molar-refractivity contribution in [1.29, 1.82) is 0 Å². The topological polar surface area (TPSA) is 66.5 Å². The highest BCUT2D eigenvalue weighted by Gasteiger charge is 2.22.